The Balaban J connectivity index is 1.97. The van der Waals surface area contributed by atoms with E-state index in [0.717, 1.165) is 34.7 Å². The van der Waals surface area contributed by atoms with Gasteiger partial charge in [-0.25, -0.2) is 0 Å². The highest BCUT2D eigenvalue weighted by Gasteiger charge is 2.02. The number of hydrogen-bond acceptors (Lipinski definition) is 2. The Morgan fingerprint density at radius 2 is 2.28 bits per heavy atom. The van der Waals surface area contributed by atoms with Crippen molar-refractivity contribution < 1.29 is 0 Å². The van der Waals surface area contributed by atoms with Crippen LogP contribution in [0.1, 0.15) is 18.9 Å². The van der Waals surface area contributed by atoms with Gasteiger partial charge in [-0.3, -0.25) is 4.68 Å². The number of benzene rings is 1. The number of hydrogen-bond donors (Lipinski definition) is 1. The predicted octanol–water partition coefficient (Wildman–Crippen LogP) is 4.32. The number of nitrogens with one attached hydrogen (secondary N) is 1. The van der Waals surface area contributed by atoms with Crippen LogP contribution in [0, 0.1) is 0 Å². The van der Waals surface area contributed by atoms with Crippen molar-refractivity contribution in [2.45, 2.75) is 26.4 Å². The largest absolute Gasteiger partial charge is 0.380 e. The average molecular weight is 329 g/mol. The summed E-state index contributed by atoms with van der Waals surface area (Å²) >= 11 is 9.38. The summed E-state index contributed by atoms with van der Waals surface area (Å²) in [6.45, 7) is 3.86. The van der Waals surface area contributed by atoms with Crippen LogP contribution >= 0.6 is 27.5 Å². The first kappa shape index (κ1) is 13.4. The van der Waals surface area contributed by atoms with E-state index in [1.165, 1.54) is 5.56 Å². The molecule has 0 bridgehead atoms. The van der Waals surface area contributed by atoms with Gasteiger partial charge < -0.3 is 5.32 Å². The van der Waals surface area contributed by atoms with E-state index < -0.39 is 0 Å². The fourth-order valence-corrected chi connectivity index (χ4v) is 2.50. The van der Waals surface area contributed by atoms with Gasteiger partial charge in [-0.05, 0) is 40.5 Å². The van der Waals surface area contributed by atoms with Crippen LogP contribution < -0.4 is 5.32 Å². The van der Waals surface area contributed by atoms with Gasteiger partial charge in [0.05, 0.1) is 6.20 Å². The van der Waals surface area contributed by atoms with Gasteiger partial charge in [-0.1, -0.05) is 18.5 Å². The Morgan fingerprint density at radius 1 is 1.44 bits per heavy atom. The maximum absolute atomic E-state index is 5.90. The molecule has 0 amide bonds. The third-order valence-electron chi connectivity index (χ3n) is 2.55. The van der Waals surface area contributed by atoms with E-state index >= 15 is 0 Å². The third kappa shape index (κ3) is 3.50. The summed E-state index contributed by atoms with van der Waals surface area (Å²) in [6, 6.07) is 5.71. The molecule has 1 N–H and O–H groups in total. The molecule has 0 unspecified atom stereocenters. The second kappa shape index (κ2) is 6.25. The maximum atomic E-state index is 5.90. The molecule has 0 saturated heterocycles. The number of rotatable bonds is 5. The molecule has 1 aromatic carbocycles. The Bertz CT molecular complexity index is 525. The number of anilines is 1. The topological polar surface area (TPSA) is 29.9 Å². The van der Waals surface area contributed by atoms with Crippen LogP contribution in [0.4, 0.5) is 5.69 Å². The van der Waals surface area contributed by atoms with Crippen LogP contribution in [0.15, 0.2) is 35.1 Å². The number of aryl methyl sites for hydroxylation is 1. The van der Waals surface area contributed by atoms with Crippen LogP contribution in [-0.4, -0.2) is 9.78 Å². The molecule has 0 spiro atoms. The first-order valence-electron chi connectivity index (χ1n) is 5.89. The van der Waals surface area contributed by atoms with Crippen molar-refractivity contribution in [3.05, 3.63) is 45.7 Å². The number of halogens is 2. The van der Waals surface area contributed by atoms with Gasteiger partial charge in [0, 0.05) is 40.0 Å². The van der Waals surface area contributed by atoms with Crippen molar-refractivity contribution in [1.29, 1.82) is 0 Å². The Hall–Kier alpha value is -1.00. The van der Waals surface area contributed by atoms with E-state index in [9.17, 15) is 0 Å². The highest BCUT2D eigenvalue weighted by atomic mass is 79.9. The van der Waals surface area contributed by atoms with E-state index in [1.54, 1.807) is 0 Å². The maximum Gasteiger partial charge on any atom is 0.0539 e. The summed E-state index contributed by atoms with van der Waals surface area (Å²) in [6.07, 6.45) is 5.06. The van der Waals surface area contributed by atoms with Crippen LogP contribution in [0.3, 0.4) is 0 Å². The first-order valence-corrected chi connectivity index (χ1v) is 7.06. The molecular weight excluding hydrogens is 314 g/mol. The lowest BCUT2D eigenvalue weighted by atomic mass is 10.3. The number of aromatic nitrogens is 2. The Kier molecular flexibility index (Phi) is 4.66. The highest BCUT2D eigenvalue weighted by molar-refractivity contribution is 9.10. The summed E-state index contributed by atoms with van der Waals surface area (Å²) in [4.78, 5) is 0. The molecule has 3 nitrogen and oxygen atoms in total. The zero-order valence-electron chi connectivity index (χ0n) is 10.2. The van der Waals surface area contributed by atoms with Crippen molar-refractivity contribution in [2.24, 2.45) is 0 Å². The molecule has 0 aliphatic carbocycles. The second-order valence-electron chi connectivity index (χ2n) is 4.09. The lowest BCUT2D eigenvalue weighted by molar-refractivity contribution is 0.602. The quantitative estimate of drug-likeness (QED) is 0.886. The van der Waals surface area contributed by atoms with Gasteiger partial charge in [0.2, 0.25) is 0 Å². The molecule has 0 saturated carbocycles. The van der Waals surface area contributed by atoms with Crippen LogP contribution in [-0.2, 0) is 13.1 Å². The van der Waals surface area contributed by atoms with Gasteiger partial charge in [0.15, 0.2) is 0 Å². The Morgan fingerprint density at radius 3 is 3.00 bits per heavy atom. The van der Waals surface area contributed by atoms with Gasteiger partial charge in [0.25, 0.3) is 0 Å². The minimum absolute atomic E-state index is 0.725. The lowest BCUT2D eigenvalue weighted by Crippen LogP contribution is -1.99. The fraction of sp³-hybridized carbons (Fsp3) is 0.308. The molecule has 18 heavy (non-hydrogen) atoms. The molecule has 96 valence electrons. The minimum atomic E-state index is 0.725. The van der Waals surface area contributed by atoms with Crippen LogP contribution in [0.2, 0.25) is 5.02 Å². The second-order valence-corrected chi connectivity index (χ2v) is 5.38. The van der Waals surface area contributed by atoms with Gasteiger partial charge >= 0.3 is 0 Å². The van der Waals surface area contributed by atoms with Gasteiger partial charge in [-0.15, -0.1) is 0 Å². The summed E-state index contributed by atoms with van der Waals surface area (Å²) in [5, 5.41) is 8.38. The summed E-state index contributed by atoms with van der Waals surface area (Å²) in [5.41, 5.74) is 2.20. The molecule has 0 aliphatic rings. The molecule has 2 rings (SSSR count). The van der Waals surface area contributed by atoms with E-state index in [-0.39, 0.29) is 0 Å². The molecule has 1 aromatic heterocycles. The van der Waals surface area contributed by atoms with E-state index in [0.29, 0.717) is 0 Å². The normalized spacial score (nSPS) is 10.6. The van der Waals surface area contributed by atoms with Crippen LogP contribution in [0.25, 0.3) is 0 Å². The third-order valence-corrected chi connectivity index (χ3v) is 3.44. The van der Waals surface area contributed by atoms with Crippen LogP contribution in [0.5, 0.6) is 0 Å². The zero-order chi connectivity index (χ0) is 13.0. The Labute approximate surface area is 120 Å². The summed E-state index contributed by atoms with van der Waals surface area (Å²) < 4.78 is 2.93. The van der Waals surface area contributed by atoms with Crippen molar-refractivity contribution in [3.63, 3.8) is 0 Å². The summed E-state index contributed by atoms with van der Waals surface area (Å²) in [7, 11) is 0. The van der Waals surface area contributed by atoms with E-state index in [4.69, 9.17) is 11.6 Å². The van der Waals surface area contributed by atoms with Crippen molar-refractivity contribution in [2.75, 3.05) is 5.32 Å². The molecule has 5 heteroatoms. The fourth-order valence-electron chi connectivity index (χ4n) is 1.68. The molecule has 0 atom stereocenters. The van der Waals surface area contributed by atoms with Gasteiger partial charge in [0.1, 0.15) is 0 Å². The smallest absolute Gasteiger partial charge is 0.0539 e. The molecule has 0 fully saturated rings. The molecule has 0 radical (unpaired) electrons. The summed E-state index contributed by atoms with van der Waals surface area (Å²) in [5.74, 6) is 0. The van der Waals surface area contributed by atoms with E-state index in [2.05, 4.69) is 39.5 Å². The standard InChI is InChI=1S/C13H15BrClN3/c1-2-5-18-9-10(8-17-18)7-16-13-4-3-11(15)6-12(13)14/h3-4,6,8-9,16H,2,5,7H2,1H3. The lowest BCUT2D eigenvalue weighted by Gasteiger charge is -2.07. The average Bonchev–Trinajstić information content (AvgIpc) is 2.76. The highest BCUT2D eigenvalue weighted by Crippen LogP contribution is 2.26. The van der Waals surface area contributed by atoms with E-state index in [1.807, 2.05) is 29.1 Å². The molecule has 1 heterocycles. The minimum Gasteiger partial charge on any atom is -0.380 e. The molecule has 0 aliphatic heterocycles. The van der Waals surface area contributed by atoms with Crippen molar-refractivity contribution in [1.82, 2.24) is 9.78 Å². The monoisotopic (exact) mass is 327 g/mol. The number of nitrogens with zero attached hydrogens (tertiary/aromatic N) is 2. The predicted molar refractivity (Wildman–Crippen MR) is 79.0 cm³/mol. The van der Waals surface area contributed by atoms with Crippen molar-refractivity contribution in [3.8, 4) is 0 Å². The molecule has 2 aromatic rings. The first-order chi connectivity index (χ1) is 8.69. The SMILES string of the molecule is CCCn1cc(CNc2ccc(Cl)cc2Br)cn1. The zero-order valence-corrected chi connectivity index (χ0v) is 12.5. The van der Waals surface area contributed by atoms with Gasteiger partial charge in [-0.2, -0.15) is 5.10 Å². The molecular formula is C13H15BrClN3. The van der Waals surface area contributed by atoms with Crippen molar-refractivity contribution >= 4 is 33.2 Å².